The van der Waals surface area contributed by atoms with E-state index in [2.05, 4.69) is 17.1 Å². The first-order chi connectivity index (χ1) is 11.3. The Bertz CT molecular complexity index is 938. The molecule has 0 saturated carbocycles. The average molecular weight is 301 g/mol. The maximum Gasteiger partial charge on any atom is 0.222 e. The van der Waals surface area contributed by atoms with Crippen molar-refractivity contribution in [3.05, 3.63) is 77.4 Å². The van der Waals surface area contributed by atoms with Crippen LogP contribution in [0.25, 0.3) is 10.8 Å². The van der Waals surface area contributed by atoms with Crippen molar-refractivity contribution in [1.82, 2.24) is 0 Å². The molecule has 0 radical (unpaired) electrons. The first kappa shape index (κ1) is 13.7. The Labute approximate surface area is 134 Å². The topological polar surface area (TPSA) is 38.7 Å². The number of nitrogens with zero attached hydrogens (tertiary/aromatic N) is 1. The van der Waals surface area contributed by atoms with E-state index >= 15 is 0 Å². The fourth-order valence-electron chi connectivity index (χ4n) is 2.96. The second-order valence-corrected chi connectivity index (χ2v) is 5.68. The van der Waals surface area contributed by atoms with Crippen molar-refractivity contribution >= 4 is 28.6 Å². The van der Waals surface area contributed by atoms with Gasteiger partial charge >= 0.3 is 0 Å². The summed E-state index contributed by atoms with van der Waals surface area (Å²) >= 11 is 0. The minimum atomic E-state index is -0.614. The molecule has 112 valence electrons. The molecule has 3 aromatic carbocycles. The first-order valence-corrected chi connectivity index (χ1v) is 7.55. The zero-order chi connectivity index (χ0) is 15.8. The van der Waals surface area contributed by atoms with Gasteiger partial charge in [0.05, 0.1) is 5.69 Å². The summed E-state index contributed by atoms with van der Waals surface area (Å²) in [5.41, 5.74) is 3.61. The lowest BCUT2D eigenvalue weighted by molar-refractivity contribution is -0.114. The summed E-state index contributed by atoms with van der Waals surface area (Å²) in [4.78, 5) is 16.1. The maximum absolute atomic E-state index is 11.5. The van der Waals surface area contributed by atoms with E-state index in [9.17, 15) is 4.79 Å². The van der Waals surface area contributed by atoms with Crippen molar-refractivity contribution in [3.63, 3.8) is 0 Å². The minimum Gasteiger partial charge on any atom is -0.461 e. The molecule has 0 aromatic heterocycles. The van der Waals surface area contributed by atoms with Gasteiger partial charge in [0.2, 0.25) is 5.90 Å². The highest BCUT2D eigenvalue weighted by molar-refractivity contribution is 6.09. The number of ether oxygens (including phenoxy) is 1. The van der Waals surface area contributed by atoms with Gasteiger partial charge < -0.3 is 4.74 Å². The van der Waals surface area contributed by atoms with Crippen molar-refractivity contribution < 1.29 is 9.53 Å². The fourth-order valence-corrected chi connectivity index (χ4v) is 2.96. The lowest BCUT2D eigenvalue weighted by atomic mass is 10.0. The van der Waals surface area contributed by atoms with Gasteiger partial charge in [-0.1, -0.05) is 48.0 Å². The van der Waals surface area contributed by atoms with Crippen LogP contribution in [0.15, 0.2) is 65.7 Å². The van der Waals surface area contributed by atoms with E-state index in [1.54, 1.807) is 0 Å². The number of aliphatic imine (C=N–C) groups is 1. The number of fused-ring (bicyclic) bond motifs is 2. The van der Waals surface area contributed by atoms with Crippen LogP contribution in [0.3, 0.4) is 0 Å². The van der Waals surface area contributed by atoms with Crippen molar-refractivity contribution in [2.24, 2.45) is 4.99 Å². The van der Waals surface area contributed by atoms with E-state index in [0.29, 0.717) is 5.90 Å². The lowest BCUT2D eigenvalue weighted by Gasteiger charge is -2.23. The van der Waals surface area contributed by atoms with Crippen LogP contribution in [0, 0.1) is 6.92 Å². The summed E-state index contributed by atoms with van der Waals surface area (Å²) in [6.45, 7) is 1.99. The number of benzene rings is 3. The van der Waals surface area contributed by atoms with Crippen LogP contribution in [-0.2, 0) is 9.53 Å². The summed E-state index contributed by atoms with van der Waals surface area (Å²) in [6, 6.07) is 20.0. The van der Waals surface area contributed by atoms with Gasteiger partial charge in [-0.3, -0.25) is 4.79 Å². The third-order valence-corrected chi connectivity index (χ3v) is 4.09. The molecule has 4 rings (SSSR count). The Morgan fingerprint density at radius 1 is 1.04 bits per heavy atom. The fraction of sp³-hybridized carbons (Fsp3) is 0.100. The molecular weight excluding hydrogens is 286 g/mol. The summed E-state index contributed by atoms with van der Waals surface area (Å²) < 4.78 is 5.89. The van der Waals surface area contributed by atoms with Gasteiger partial charge in [0.1, 0.15) is 0 Å². The molecule has 23 heavy (non-hydrogen) atoms. The van der Waals surface area contributed by atoms with Crippen molar-refractivity contribution in [1.29, 1.82) is 0 Å². The molecule has 0 spiro atoms. The number of rotatable bonds is 2. The summed E-state index contributed by atoms with van der Waals surface area (Å²) in [5.74, 6) is 0.496. The Balaban J connectivity index is 1.92. The molecule has 1 aliphatic heterocycles. The van der Waals surface area contributed by atoms with Crippen LogP contribution in [0.4, 0.5) is 5.69 Å². The van der Waals surface area contributed by atoms with Crippen LogP contribution >= 0.6 is 0 Å². The Hall–Kier alpha value is -2.94. The lowest BCUT2D eigenvalue weighted by Crippen LogP contribution is -2.18. The van der Waals surface area contributed by atoms with Crippen LogP contribution in [0.2, 0.25) is 0 Å². The van der Waals surface area contributed by atoms with E-state index in [1.807, 2.05) is 55.5 Å². The standard InChI is InChI=1S/C20H15NO2/c1-13-9-10-18-17(11-13)19(12-22)23-20(21-18)16-8-4-6-14-5-2-3-7-15(14)16/h2-12,19H,1H3. The molecule has 3 aromatic rings. The van der Waals surface area contributed by atoms with Gasteiger partial charge in [0, 0.05) is 11.1 Å². The van der Waals surface area contributed by atoms with Crippen LogP contribution in [0.1, 0.15) is 22.8 Å². The second kappa shape index (κ2) is 5.36. The van der Waals surface area contributed by atoms with Gasteiger partial charge in [-0.25, -0.2) is 4.99 Å². The van der Waals surface area contributed by atoms with Crippen molar-refractivity contribution in [2.75, 3.05) is 0 Å². The van der Waals surface area contributed by atoms with Gasteiger partial charge in [-0.2, -0.15) is 0 Å². The summed E-state index contributed by atoms with van der Waals surface area (Å²) in [7, 11) is 0. The van der Waals surface area contributed by atoms with E-state index < -0.39 is 6.10 Å². The van der Waals surface area contributed by atoms with Gasteiger partial charge in [-0.05, 0) is 35.9 Å². The van der Waals surface area contributed by atoms with Gasteiger partial charge in [0.15, 0.2) is 12.4 Å². The predicted molar refractivity (Wildman–Crippen MR) is 91.2 cm³/mol. The molecule has 1 unspecified atom stereocenters. The van der Waals surface area contributed by atoms with Crippen LogP contribution in [-0.4, -0.2) is 12.2 Å². The minimum absolute atomic E-state index is 0.496. The molecule has 1 heterocycles. The average Bonchev–Trinajstić information content (AvgIpc) is 2.60. The molecule has 0 saturated heterocycles. The second-order valence-electron chi connectivity index (χ2n) is 5.68. The Kier molecular flexibility index (Phi) is 3.19. The maximum atomic E-state index is 11.5. The predicted octanol–water partition coefficient (Wildman–Crippen LogP) is 4.50. The highest BCUT2D eigenvalue weighted by atomic mass is 16.5. The molecule has 0 aliphatic carbocycles. The molecule has 3 nitrogen and oxygen atoms in total. The zero-order valence-corrected chi connectivity index (χ0v) is 12.7. The Morgan fingerprint density at radius 2 is 1.87 bits per heavy atom. The van der Waals surface area contributed by atoms with Crippen molar-refractivity contribution in [2.45, 2.75) is 13.0 Å². The molecular formula is C20H15NO2. The van der Waals surface area contributed by atoms with E-state index in [-0.39, 0.29) is 0 Å². The molecule has 0 fully saturated rings. The van der Waals surface area contributed by atoms with Gasteiger partial charge in [0.25, 0.3) is 0 Å². The molecule has 1 atom stereocenters. The van der Waals surface area contributed by atoms with E-state index in [0.717, 1.165) is 39.4 Å². The summed E-state index contributed by atoms with van der Waals surface area (Å²) in [5, 5.41) is 2.18. The molecule has 1 aliphatic rings. The molecule has 0 N–H and O–H groups in total. The first-order valence-electron chi connectivity index (χ1n) is 7.55. The normalized spacial score (nSPS) is 16.4. The number of carbonyl (C=O) groups is 1. The van der Waals surface area contributed by atoms with Crippen LogP contribution < -0.4 is 0 Å². The highest BCUT2D eigenvalue weighted by Crippen LogP contribution is 2.35. The number of aldehydes is 1. The largest absolute Gasteiger partial charge is 0.461 e. The quantitative estimate of drug-likeness (QED) is 0.654. The number of hydrogen-bond donors (Lipinski definition) is 0. The third kappa shape index (κ3) is 2.30. The Morgan fingerprint density at radius 3 is 2.74 bits per heavy atom. The summed E-state index contributed by atoms with van der Waals surface area (Å²) in [6.07, 6.45) is 0.217. The van der Waals surface area contributed by atoms with Crippen molar-refractivity contribution in [3.8, 4) is 0 Å². The molecule has 3 heteroatoms. The van der Waals surface area contributed by atoms with Crippen LogP contribution in [0.5, 0.6) is 0 Å². The molecule has 0 amide bonds. The van der Waals surface area contributed by atoms with Gasteiger partial charge in [-0.15, -0.1) is 0 Å². The monoisotopic (exact) mass is 301 g/mol. The number of carbonyl (C=O) groups excluding carboxylic acids is 1. The highest BCUT2D eigenvalue weighted by Gasteiger charge is 2.25. The van der Waals surface area contributed by atoms with E-state index in [1.165, 1.54) is 0 Å². The molecule has 0 bridgehead atoms. The number of aryl methyl sites for hydroxylation is 1. The zero-order valence-electron chi connectivity index (χ0n) is 12.7. The smallest absolute Gasteiger partial charge is 0.222 e. The SMILES string of the molecule is Cc1ccc2c(c1)C(C=O)OC(c1cccc3ccccc13)=N2. The van der Waals surface area contributed by atoms with E-state index in [4.69, 9.17) is 4.74 Å². The third-order valence-electron chi connectivity index (χ3n) is 4.09. The number of hydrogen-bond acceptors (Lipinski definition) is 3.